The second-order valence-electron chi connectivity index (χ2n) is 3.57. The molecule has 1 aromatic carbocycles. The van der Waals surface area contributed by atoms with Crippen LogP contribution < -0.4 is 5.32 Å². The summed E-state index contributed by atoms with van der Waals surface area (Å²) in [5.74, 6) is 0. The van der Waals surface area contributed by atoms with Gasteiger partial charge >= 0.3 is 6.03 Å². The van der Waals surface area contributed by atoms with E-state index in [1.807, 2.05) is 30.5 Å². The third kappa shape index (κ3) is 1.79. The fourth-order valence-electron chi connectivity index (χ4n) is 1.42. The maximum atomic E-state index is 11.5. The summed E-state index contributed by atoms with van der Waals surface area (Å²) in [6, 6.07) is 7.59. The number of nitrogens with zero attached hydrogens (tertiary/aromatic N) is 1. The van der Waals surface area contributed by atoms with E-state index in [2.05, 4.69) is 10.3 Å². The van der Waals surface area contributed by atoms with Gasteiger partial charge in [-0.15, -0.1) is 0 Å². The number of rotatable bonds is 1. The Bertz CT molecular complexity index is 487. The highest BCUT2D eigenvalue weighted by atomic mass is 16.2. The lowest BCUT2D eigenvalue weighted by Crippen LogP contribution is -2.27. The molecule has 2 rings (SSSR count). The molecule has 0 spiro atoms. The van der Waals surface area contributed by atoms with Crippen LogP contribution in [0.1, 0.15) is 0 Å². The Kier molecular flexibility index (Phi) is 2.33. The molecule has 0 saturated heterocycles. The number of aromatic nitrogens is 1. The Morgan fingerprint density at radius 3 is 2.87 bits per heavy atom. The van der Waals surface area contributed by atoms with Crippen LogP contribution in [0.4, 0.5) is 10.5 Å². The van der Waals surface area contributed by atoms with Gasteiger partial charge in [-0.05, 0) is 18.2 Å². The van der Waals surface area contributed by atoms with E-state index in [1.165, 1.54) is 4.90 Å². The van der Waals surface area contributed by atoms with Crippen molar-refractivity contribution in [1.29, 1.82) is 0 Å². The van der Waals surface area contributed by atoms with Crippen molar-refractivity contribution in [3.8, 4) is 0 Å². The molecule has 2 aromatic rings. The van der Waals surface area contributed by atoms with Crippen molar-refractivity contribution in [1.82, 2.24) is 9.88 Å². The van der Waals surface area contributed by atoms with Gasteiger partial charge in [-0.1, -0.05) is 6.07 Å². The number of urea groups is 1. The number of hydrogen-bond acceptors (Lipinski definition) is 1. The minimum atomic E-state index is -0.122. The maximum absolute atomic E-state index is 11.5. The number of carbonyl (C=O) groups is 1. The van der Waals surface area contributed by atoms with Crippen molar-refractivity contribution >= 4 is 22.6 Å². The number of nitrogens with one attached hydrogen (secondary N) is 2. The molecule has 15 heavy (non-hydrogen) atoms. The smallest absolute Gasteiger partial charge is 0.321 e. The molecule has 0 fully saturated rings. The van der Waals surface area contributed by atoms with Crippen molar-refractivity contribution in [2.45, 2.75) is 0 Å². The SMILES string of the molecule is CN(C)C(=O)Nc1cccc2[nH]ccc12. The lowest BCUT2D eigenvalue weighted by molar-refractivity contribution is 0.231. The fourth-order valence-corrected chi connectivity index (χ4v) is 1.42. The van der Waals surface area contributed by atoms with E-state index in [0.717, 1.165) is 16.6 Å². The Labute approximate surface area is 87.9 Å². The lowest BCUT2D eigenvalue weighted by Gasteiger charge is -2.12. The van der Waals surface area contributed by atoms with Crippen molar-refractivity contribution in [3.63, 3.8) is 0 Å². The topological polar surface area (TPSA) is 48.1 Å². The molecule has 78 valence electrons. The van der Waals surface area contributed by atoms with Gasteiger partial charge in [0.1, 0.15) is 0 Å². The molecule has 4 nitrogen and oxygen atoms in total. The highest BCUT2D eigenvalue weighted by Gasteiger charge is 2.06. The van der Waals surface area contributed by atoms with Crippen molar-refractivity contribution < 1.29 is 4.79 Å². The van der Waals surface area contributed by atoms with Crippen LogP contribution in [-0.4, -0.2) is 30.0 Å². The van der Waals surface area contributed by atoms with E-state index >= 15 is 0 Å². The summed E-state index contributed by atoms with van der Waals surface area (Å²) in [6.07, 6.45) is 1.86. The van der Waals surface area contributed by atoms with Gasteiger partial charge in [-0.2, -0.15) is 0 Å². The average Bonchev–Trinajstić information content (AvgIpc) is 2.66. The molecule has 0 radical (unpaired) electrons. The van der Waals surface area contributed by atoms with Crippen LogP contribution in [0, 0.1) is 0 Å². The van der Waals surface area contributed by atoms with Gasteiger partial charge in [0.05, 0.1) is 5.69 Å². The molecule has 1 heterocycles. The number of aromatic amines is 1. The van der Waals surface area contributed by atoms with Crippen LogP contribution in [0.2, 0.25) is 0 Å². The van der Waals surface area contributed by atoms with Gasteiger partial charge in [0.25, 0.3) is 0 Å². The highest BCUT2D eigenvalue weighted by molar-refractivity contribution is 6.00. The fraction of sp³-hybridized carbons (Fsp3) is 0.182. The summed E-state index contributed by atoms with van der Waals surface area (Å²) in [5, 5.41) is 3.86. The van der Waals surface area contributed by atoms with Crippen LogP contribution in [0.25, 0.3) is 10.9 Å². The summed E-state index contributed by atoms with van der Waals surface area (Å²) in [7, 11) is 3.43. The third-order valence-electron chi connectivity index (χ3n) is 2.24. The van der Waals surface area contributed by atoms with Gasteiger partial charge in [0, 0.05) is 31.2 Å². The second-order valence-corrected chi connectivity index (χ2v) is 3.57. The molecular weight excluding hydrogens is 190 g/mol. The summed E-state index contributed by atoms with van der Waals surface area (Å²) in [5.41, 5.74) is 1.85. The van der Waals surface area contributed by atoms with Gasteiger partial charge in [-0.25, -0.2) is 4.79 Å². The number of carbonyl (C=O) groups excluding carboxylic acids is 1. The van der Waals surface area contributed by atoms with Gasteiger partial charge in [0.2, 0.25) is 0 Å². The highest BCUT2D eigenvalue weighted by Crippen LogP contribution is 2.22. The van der Waals surface area contributed by atoms with E-state index in [9.17, 15) is 4.79 Å². The molecule has 0 atom stereocenters. The number of anilines is 1. The summed E-state index contributed by atoms with van der Waals surface area (Å²) < 4.78 is 0. The Morgan fingerprint density at radius 2 is 2.13 bits per heavy atom. The summed E-state index contributed by atoms with van der Waals surface area (Å²) in [6.45, 7) is 0. The molecule has 0 bridgehead atoms. The molecule has 0 saturated carbocycles. The van der Waals surface area contributed by atoms with Crippen molar-refractivity contribution in [2.24, 2.45) is 0 Å². The zero-order chi connectivity index (χ0) is 10.8. The number of fused-ring (bicyclic) bond motifs is 1. The van der Waals surface area contributed by atoms with Crippen molar-refractivity contribution in [3.05, 3.63) is 30.5 Å². The van der Waals surface area contributed by atoms with E-state index in [0.29, 0.717) is 0 Å². The van der Waals surface area contributed by atoms with Gasteiger partial charge < -0.3 is 15.2 Å². The van der Waals surface area contributed by atoms with Gasteiger partial charge in [-0.3, -0.25) is 0 Å². The molecule has 2 amide bonds. The largest absolute Gasteiger partial charge is 0.361 e. The minimum absolute atomic E-state index is 0.122. The maximum Gasteiger partial charge on any atom is 0.321 e. The quantitative estimate of drug-likeness (QED) is 0.733. The van der Waals surface area contributed by atoms with Crippen LogP contribution in [0.5, 0.6) is 0 Å². The molecule has 2 N–H and O–H groups in total. The average molecular weight is 203 g/mol. The molecule has 0 aliphatic rings. The number of amides is 2. The Hall–Kier alpha value is -1.97. The van der Waals surface area contributed by atoms with Crippen LogP contribution in [0.3, 0.4) is 0 Å². The molecule has 0 aliphatic heterocycles. The standard InChI is InChI=1S/C11H13N3O/c1-14(2)11(15)13-10-5-3-4-9-8(10)6-7-12-9/h3-7,12H,1-2H3,(H,13,15). The molecule has 1 aromatic heterocycles. The summed E-state index contributed by atoms with van der Waals surface area (Å²) >= 11 is 0. The van der Waals surface area contributed by atoms with Crippen LogP contribution in [0.15, 0.2) is 30.5 Å². The first-order chi connectivity index (χ1) is 7.18. The predicted octanol–water partition coefficient (Wildman–Crippen LogP) is 2.26. The zero-order valence-corrected chi connectivity index (χ0v) is 8.74. The van der Waals surface area contributed by atoms with Crippen LogP contribution in [-0.2, 0) is 0 Å². The first kappa shape index (κ1) is 9.58. The van der Waals surface area contributed by atoms with E-state index in [1.54, 1.807) is 14.1 Å². The number of benzene rings is 1. The first-order valence-corrected chi connectivity index (χ1v) is 4.73. The van der Waals surface area contributed by atoms with E-state index < -0.39 is 0 Å². The second kappa shape index (κ2) is 3.65. The Balaban J connectivity index is 2.35. The minimum Gasteiger partial charge on any atom is -0.361 e. The monoisotopic (exact) mass is 203 g/mol. The number of H-pyrrole nitrogens is 1. The number of hydrogen-bond donors (Lipinski definition) is 2. The zero-order valence-electron chi connectivity index (χ0n) is 8.74. The third-order valence-corrected chi connectivity index (χ3v) is 2.24. The van der Waals surface area contributed by atoms with E-state index in [-0.39, 0.29) is 6.03 Å². The Morgan fingerprint density at radius 1 is 1.33 bits per heavy atom. The lowest BCUT2D eigenvalue weighted by atomic mass is 10.2. The van der Waals surface area contributed by atoms with Crippen LogP contribution >= 0.6 is 0 Å². The summed E-state index contributed by atoms with van der Waals surface area (Å²) in [4.78, 5) is 16.1. The molecule has 4 heteroatoms. The van der Waals surface area contributed by atoms with Gasteiger partial charge in [0.15, 0.2) is 0 Å². The van der Waals surface area contributed by atoms with Crippen molar-refractivity contribution in [2.75, 3.05) is 19.4 Å². The first-order valence-electron chi connectivity index (χ1n) is 4.73. The molecular formula is C11H13N3O. The predicted molar refractivity (Wildman–Crippen MR) is 61.0 cm³/mol. The van der Waals surface area contributed by atoms with E-state index in [4.69, 9.17) is 0 Å². The molecule has 0 aliphatic carbocycles. The normalized spacial score (nSPS) is 10.3. The molecule has 0 unspecified atom stereocenters.